The van der Waals surface area contributed by atoms with E-state index in [-0.39, 0.29) is 17.7 Å². The Labute approximate surface area is 157 Å². The Kier molecular flexibility index (Phi) is 4.45. The minimum Gasteiger partial charge on any atom is -0.465 e. The number of aryl methyl sites for hydroxylation is 1. The van der Waals surface area contributed by atoms with E-state index in [9.17, 15) is 4.79 Å². The molecule has 0 spiro atoms. The first-order chi connectivity index (χ1) is 12.9. The first-order valence-corrected chi connectivity index (χ1v) is 9.53. The SMILES string of the molecule is C[C@@H](Nc1nc(C(=N)NC(=O)O)nc2nc(C3CCC3)n(C)c12)C1CCC1. The summed E-state index contributed by atoms with van der Waals surface area (Å²) >= 11 is 0. The van der Waals surface area contributed by atoms with Crippen molar-refractivity contribution in [2.45, 2.75) is 57.4 Å². The van der Waals surface area contributed by atoms with Crippen molar-refractivity contribution >= 4 is 28.9 Å². The molecule has 1 amide bonds. The van der Waals surface area contributed by atoms with Crippen LogP contribution in [0, 0.1) is 11.3 Å². The highest BCUT2D eigenvalue weighted by molar-refractivity contribution is 6.03. The van der Waals surface area contributed by atoms with Crippen LogP contribution >= 0.6 is 0 Å². The highest BCUT2D eigenvalue weighted by atomic mass is 16.4. The third kappa shape index (κ3) is 3.22. The standard InChI is InChI=1S/C18H25N7O2/c1-9(10-5-3-6-10)20-14-12-15(23-16(22-14)13(19)21-18(26)27)24-17(25(12)2)11-7-4-8-11/h9-11H,3-8H2,1-2H3,(H2,19,21)(H,26,27)(H,20,22,23)/t9-/m1/s1. The maximum Gasteiger partial charge on any atom is 0.410 e. The summed E-state index contributed by atoms with van der Waals surface area (Å²) in [6.07, 6.45) is 5.80. The maximum atomic E-state index is 10.9. The maximum absolute atomic E-state index is 10.9. The van der Waals surface area contributed by atoms with Crippen molar-refractivity contribution in [3.63, 3.8) is 0 Å². The molecule has 4 N–H and O–H groups in total. The summed E-state index contributed by atoms with van der Waals surface area (Å²) in [6, 6.07) is 0.244. The molecule has 2 aliphatic carbocycles. The molecular formula is C18H25N7O2. The van der Waals surface area contributed by atoms with Crippen molar-refractivity contribution in [1.29, 1.82) is 5.41 Å². The molecule has 2 aromatic rings. The van der Waals surface area contributed by atoms with Crippen molar-refractivity contribution in [2.24, 2.45) is 13.0 Å². The van der Waals surface area contributed by atoms with Gasteiger partial charge in [0.1, 0.15) is 11.3 Å². The summed E-state index contributed by atoms with van der Waals surface area (Å²) in [5, 5.41) is 22.4. The van der Waals surface area contributed by atoms with Crippen molar-refractivity contribution in [2.75, 3.05) is 5.32 Å². The lowest BCUT2D eigenvalue weighted by Gasteiger charge is -2.32. The van der Waals surface area contributed by atoms with Gasteiger partial charge in [-0.05, 0) is 38.5 Å². The molecule has 27 heavy (non-hydrogen) atoms. The molecule has 0 radical (unpaired) electrons. The molecule has 0 aromatic carbocycles. The van der Waals surface area contributed by atoms with E-state index in [0.717, 1.165) is 24.2 Å². The fraction of sp³-hybridized carbons (Fsp3) is 0.611. The lowest BCUT2D eigenvalue weighted by atomic mass is 9.80. The summed E-state index contributed by atoms with van der Waals surface area (Å²) in [5.74, 6) is 2.33. The van der Waals surface area contributed by atoms with Gasteiger partial charge in [-0.25, -0.2) is 19.7 Å². The predicted octanol–water partition coefficient (Wildman–Crippen LogP) is 2.82. The number of rotatable bonds is 5. The van der Waals surface area contributed by atoms with Crippen molar-refractivity contribution < 1.29 is 9.90 Å². The number of imidazole rings is 1. The van der Waals surface area contributed by atoms with Gasteiger partial charge in [0.25, 0.3) is 0 Å². The quantitative estimate of drug-likeness (QED) is 0.472. The van der Waals surface area contributed by atoms with E-state index < -0.39 is 6.09 Å². The average molecular weight is 371 g/mol. The lowest BCUT2D eigenvalue weighted by molar-refractivity contribution is 0.200. The Morgan fingerprint density at radius 2 is 1.93 bits per heavy atom. The summed E-state index contributed by atoms with van der Waals surface area (Å²) in [5.41, 5.74) is 1.32. The van der Waals surface area contributed by atoms with Gasteiger partial charge in [0.15, 0.2) is 23.1 Å². The molecule has 2 aromatic heterocycles. The number of carbonyl (C=O) groups is 1. The smallest absolute Gasteiger partial charge is 0.410 e. The van der Waals surface area contributed by atoms with E-state index in [2.05, 4.69) is 22.2 Å². The van der Waals surface area contributed by atoms with Gasteiger partial charge in [-0.1, -0.05) is 12.8 Å². The molecular weight excluding hydrogens is 346 g/mol. The summed E-state index contributed by atoms with van der Waals surface area (Å²) in [7, 11) is 1.98. The number of fused-ring (bicyclic) bond motifs is 1. The molecule has 2 fully saturated rings. The summed E-state index contributed by atoms with van der Waals surface area (Å²) in [4.78, 5) is 24.4. The van der Waals surface area contributed by atoms with Crippen LogP contribution in [0.5, 0.6) is 0 Å². The number of nitrogens with one attached hydrogen (secondary N) is 3. The van der Waals surface area contributed by atoms with Gasteiger partial charge in [-0.3, -0.25) is 10.7 Å². The number of anilines is 1. The van der Waals surface area contributed by atoms with Gasteiger partial charge in [0, 0.05) is 19.0 Å². The highest BCUT2D eigenvalue weighted by Gasteiger charge is 2.29. The van der Waals surface area contributed by atoms with Crippen LogP contribution in [0.1, 0.15) is 63.0 Å². The van der Waals surface area contributed by atoms with Crippen LogP contribution in [0.3, 0.4) is 0 Å². The number of amidine groups is 1. The Morgan fingerprint density at radius 1 is 1.22 bits per heavy atom. The lowest BCUT2D eigenvalue weighted by Crippen LogP contribution is -2.33. The van der Waals surface area contributed by atoms with Gasteiger partial charge >= 0.3 is 6.09 Å². The number of hydrogen-bond donors (Lipinski definition) is 4. The topological polar surface area (TPSA) is 129 Å². The predicted molar refractivity (Wildman–Crippen MR) is 101 cm³/mol. The highest BCUT2D eigenvalue weighted by Crippen LogP contribution is 2.38. The van der Waals surface area contributed by atoms with Crippen LogP contribution < -0.4 is 10.6 Å². The van der Waals surface area contributed by atoms with Gasteiger partial charge in [-0.15, -0.1) is 0 Å². The van der Waals surface area contributed by atoms with Gasteiger partial charge in [-0.2, -0.15) is 0 Å². The number of hydrogen-bond acceptors (Lipinski definition) is 6. The molecule has 2 aliphatic rings. The van der Waals surface area contributed by atoms with Crippen LogP contribution in [0.25, 0.3) is 11.2 Å². The van der Waals surface area contributed by atoms with Crippen molar-refractivity contribution in [3.05, 3.63) is 11.6 Å². The third-order valence-corrected chi connectivity index (χ3v) is 5.91. The zero-order valence-corrected chi connectivity index (χ0v) is 15.6. The number of carboxylic acid groups (broad SMARTS) is 1. The van der Waals surface area contributed by atoms with Crippen molar-refractivity contribution in [3.8, 4) is 0 Å². The molecule has 2 heterocycles. The summed E-state index contributed by atoms with van der Waals surface area (Å²) < 4.78 is 2.05. The van der Waals surface area contributed by atoms with Gasteiger partial charge in [0.05, 0.1) is 0 Å². The second-order valence-electron chi connectivity index (χ2n) is 7.65. The number of amides is 1. The first-order valence-electron chi connectivity index (χ1n) is 9.53. The average Bonchev–Trinajstić information content (AvgIpc) is 2.80. The van der Waals surface area contributed by atoms with E-state index in [1.165, 1.54) is 25.7 Å². The van der Waals surface area contributed by atoms with Crippen LogP contribution in [-0.2, 0) is 7.05 Å². The molecule has 0 saturated heterocycles. The molecule has 4 rings (SSSR count). The molecule has 9 heteroatoms. The number of aromatic nitrogens is 4. The Morgan fingerprint density at radius 3 is 2.48 bits per heavy atom. The second-order valence-corrected chi connectivity index (χ2v) is 7.65. The molecule has 0 bridgehead atoms. The molecule has 0 aliphatic heterocycles. The van der Waals surface area contributed by atoms with Gasteiger partial charge < -0.3 is 15.0 Å². The second kappa shape index (κ2) is 6.79. The van der Waals surface area contributed by atoms with Crippen LogP contribution in [0.2, 0.25) is 0 Å². The first kappa shape index (κ1) is 17.7. The Hall–Kier alpha value is -2.71. The van der Waals surface area contributed by atoms with E-state index >= 15 is 0 Å². The zero-order valence-electron chi connectivity index (χ0n) is 15.6. The monoisotopic (exact) mass is 371 g/mol. The van der Waals surface area contributed by atoms with Crippen LogP contribution in [0.4, 0.5) is 10.6 Å². The molecule has 0 unspecified atom stereocenters. The molecule has 2 saturated carbocycles. The Bertz CT molecular complexity index is 899. The Balaban J connectivity index is 1.76. The fourth-order valence-electron chi connectivity index (χ4n) is 3.81. The number of nitrogens with zero attached hydrogens (tertiary/aromatic N) is 4. The van der Waals surface area contributed by atoms with Crippen molar-refractivity contribution in [1.82, 2.24) is 24.8 Å². The normalized spacial score (nSPS) is 18.6. The fourth-order valence-corrected chi connectivity index (χ4v) is 3.81. The zero-order chi connectivity index (χ0) is 19.1. The largest absolute Gasteiger partial charge is 0.465 e. The van der Waals surface area contributed by atoms with Gasteiger partial charge in [0.2, 0.25) is 0 Å². The van der Waals surface area contributed by atoms with E-state index in [0.29, 0.717) is 23.3 Å². The summed E-state index contributed by atoms with van der Waals surface area (Å²) in [6.45, 7) is 2.14. The van der Waals surface area contributed by atoms with Crippen LogP contribution in [-0.4, -0.2) is 42.6 Å². The van der Waals surface area contributed by atoms with Crippen LogP contribution in [0.15, 0.2) is 0 Å². The van der Waals surface area contributed by atoms with E-state index in [1.54, 1.807) is 0 Å². The molecule has 1 atom stereocenters. The van der Waals surface area contributed by atoms with E-state index in [4.69, 9.17) is 15.5 Å². The van der Waals surface area contributed by atoms with E-state index in [1.807, 2.05) is 16.9 Å². The minimum atomic E-state index is -1.31. The third-order valence-electron chi connectivity index (χ3n) is 5.91. The molecule has 9 nitrogen and oxygen atoms in total. The molecule has 144 valence electrons. The minimum absolute atomic E-state index is 0.0338.